The van der Waals surface area contributed by atoms with E-state index in [1.165, 1.54) is 11.0 Å². The average molecular weight is 366 g/mol. The van der Waals surface area contributed by atoms with Gasteiger partial charge in [0.25, 0.3) is 11.8 Å². The fraction of sp³-hybridized carbons (Fsp3) is 0.286. The van der Waals surface area contributed by atoms with Crippen LogP contribution in [0.15, 0.2) is 48.5 Å². The van der Waals surface area contributed by atoms with Gasteiger partial charge in [0, 0.05) is 31.3 Å². The lowest BCUT2D eigenvalue weighted by Gasteiger charge is -2.34. The van der Waals surface area contributed by atoms with Crippen molar-refractivity contribution >= 4 is 17.8 Å². The van der Waals surface area contributed by atoms with Crippen LogP contribution in [0.4, 0.5) is 0 Å². The van der Waals surface area contributed by atoms with Crippen LogP contribution >= 0.6 is 0 Å². The van der Waals surface area contributed by atoms with Crippen LogP contribution in [0.1, 0.15) is 44.8 Å². The summed E-state index contributed by atoms with van der Waals surface area (Å²) in [5.41, 5.74) is 2.32. The molecule has 0 fully saturated rings. The molecule has 1 aliphatic rings. The van der Waals surface area contributed by atoms with Crippen molar-refractivity contribution in [3.05, 3.63) is 70.8 Å². The first kappa shape index (κ1) is 18.6. The molecule has 140 valence electrons. The summed E-state index contributed by atoms with van der Waals surface area (Å²) >= 11 is 0. The third kappa shape index (κ3) is 3.56. The number of carbonyl (C=O) groups is 3. The monoisotopic (exact) mass is 366 g/mol. The number of carboxylic acids is 1. The van der Waals surface area contributed by atoms with Crippen LogP contribution in [0.2, 0.25) is 0 Å². The first-order chi connectivity index (χ1) is 12.9. The fourth-order valence-electron chi connectivity index (χ4n) is 3.37. The molecule has 0 bridgehead atoms. The summed E-state index contributed by atoms with van der Waals surface area (Å²) in [6.07, 6.45) is 0.600. The van der Waals surface area contributed by atoms with Gasteiger partial charge in [0.05, 0.1) is 0 Å². The minimum Gasteiger partial charge on any atom is -0.479 e. The van der Waals surface area contributed by atoms with E-state index in [1.54, 1.807) is 42.3 Å². The van der Waals surface area contributed by atoms with Gasteiger partial charge >= 0.3 is 5.97 Å². The number of aliphatic carboxylic acids is 1. The number of rotatable bonds is 4. The molecule has 1 atom stereocenters. The molecule has 2 amide bonds. The zero-order valence-electron chi connectivity index (χ0n) is 15.4. The predicted molar refractivity (Wildman–Crippen MR) is 101 cm³/mol. The highest BCUT2D eigenvalue weighted by atomic mass is 16.4. The van der Waals surface area contributed by atoms with Gasteiger partial charge in [-0.3, -0.25) is 9.59 Å². The second-order valence-electron chi connectivity index (χ2n) is 6.59. The van der Waals surface area contributed by atoms with Crippen molar-refractivity contribution in [2.45, 2.75) is 19.4 Å². The van der Waals surface area contributed by atoms with Crippen molar-refractivity contribution in [3.8, 4) is 0 Å². The first-order valence-corrected chi connectivity index (χ1v) is 8.91. The molecule has 1 aliphatic heterocycles. The minimum atomic E-state index is -1.06. The van der Waals surface area contributed by atoms with Crippen molar-refractivity contribution in [1.82, 2.24) is 9.80 Å². The van der Waals surface area contributed by atoms with Gasteiger partial charge in [-0.15, -0.1) is 0 Å². The Morgan fingerprint density at radius 1 is 1.11 bits per heavy atom. The lowest BCUT2D eigenvalue weighted by molar-refractivity contribution is -0.143. The van der Waals surface area contributed by atoms with Crippen LogP contribution in [0.25, 0.3) is 0 Å². The molecule has 3 rings (SSSR count). The van der Waals surface area contributed by atoms with E-state index in [4.69, 9.17) is 0 Å². The number of benzene rings is 2. The fourth-order valence-corrected chi connectivity index (χ4v) is 3.37. The second kappa shape index (κ2) is 7.61. The Balaban J connectivity index is 1.94. The molecule has 0 aromatic heterocycles. The topological polar surface area (TPSA) is 77.9 Å². The summed E-state index contributed by atoms with van der Waals surface area (Å²) in [5.74, 6) is -1.62. The van der Waals surface area contributed by atoms with Gasteiger partial charge < -0.3 is 14.9 Å². The van der Waals surface area contributed by atoms with Gasteiger partial charge in [0.2, 0.25) is 0 Å². The number of carbonyl (C=O) groups excluding carboxylic acids is 2. The summed E-state index contributed by atoms with van der Waals surface area (Å²) in [4.78, 5) is 40.3. The molecular formula is C21H22N2O4. The normalized spacial score (nSPS) is 15.8. The molecule has 0 radical (unpaired) electrons. The zero-order valence-corrected chi connectivity index (χ0v) is 15.4. The Hall–Kier alpha value is -3.15. The maximum absolute atomic E-state index is 13.1. The molecule has 6 heteroatoms. The van der Waals surface area contributed by atoms with E-state index in [1.807, 2.05) is 19.1 Å². The largest absolute Gasteiger partial charge is 0.479 e. The first-order valence-electron chi connectivity index (χ1n) is 8.91. The van der Waals surface area contributed by atoms with Gasteiger partial charge in [0.1, 0.15) is 0 Å². The van der Waals surface area contributed by atoms with Crippen LogP contribution in [0.3, 0.4) is 0 Å². The molecule has 1 heterocycles. The second-order valence-corrected chi connectivity index (χ2v) is 6.59. The van der Waals surface area contributed by atoms with Crippen molar-refractivity contribution in [3.63, 3.8) is 0 Å². The number of hydrogen-bond acceptors (Lipinski definition) is 3. The van der Waals surface area contributed by atoms with Gasteiger partial charge in [0.15, 0.2) is 6.04 Å². The lowest BCUT2D eigenvalue weighted by atomic mass is 9.92. The molecule has 0 saturated heterocycles. The summed E-state index contributed by atoms with van der Waals surface area (Å²) in [5, 5.41) is 9.74. The summed E-state index contributed by atoms with van der Waals surface area (Å²) in [7, 11) is 1.69. The van der Waals surface area contributed by atoms with Gasteiger partial charge in [-0.05, 0) is 42.7 Å². The highest BCUT2D eigenvalue weighted by Gasteiger charge is 2.36. The van der Waals surface area contributed by atoms with Crippen LogP contribution in [-0.4, -0.2) is 52.8 Å². The van der Waals surface area contributed by atoms with E-state index in [0.717, 1.165) is 5.56 Å². The summed E-state index contributed by atoms with van der Waals surface area (Å²) in [6, 6.07) is 12.7. The van der Waals surface area contributed by atoms with Crippen molar-refractivity contribution in [2.24, 2.45) is 0 Å². The smallest absolute Gasteiger partial charge is 0.331 e. The standard InChI is InChI=1S/C21H22N2O4/c1-3-22(2)19(24)15-8-6-9-16(13-15)20(25)23-12-11-14-7-4-5-10-17(14)18(23)21(26)27/h4-10,13,18H,3,11-12H2,1-2H3,(H,26,27). The van der Waals surface area contributed by atoms with E-state index in [9.17, 15) is 19.5 Å². The predicted octanol–water partition coefficient (Wildman–Crippen LogP) is 2.60. The lowest BCUT2D eigenvalue weighted by Crippen LogP contribution is -2.43. The molecular weight excluding hydrogens is 344 g/mol. The van der Waals surface area contributed by atoms with E-state index >= 15 is 0 Å². The van der Waals surface area contributed by atoms with Gasteiger partial charge in [-0.2, -0.15) is 0 Å². The molecule has 27 heavy (non-hydrogen) atoms. The number of fused-ring (bicyclic) bond motifs is 1. The maximum Gasteiger partial charge on any atom is 0.331 e. The van der Waals surface area contributed by atoms with Crippen LogP contribution < -0.4 is 0 Å². The molecule has 6 nitrogen and oxygen atoms in total. The Morgan fingerprint density at radius 3 is 2.52 bits per heavy atom. The van der Waals surface area contributed by atoms with Crippen LogP contribution in [0.5, 0.6) is 0 Å². The summed E-state index contributed by atoms with van der Waals surface area (Å²) in [6.45, 7) is 2.75. The number of nitrogens with zero attached hydrogens (tertiary/aromatic N) is 2. The average Bonchev–Trinajstić information content (AvgIpc) is 2.71. The summed E-state index contributed by atoms with van der Waals surface area (Å²) < 4.78 is 0. The Labute approximate surface area is 158 Å². The number of hydrogen-bond donors (Lipinski definition) is 1. The molecule has 2 aromatic rings. The van der Waals surface area contributed by atoms with Crippen molar-refractivity contribution in [2.75, 3.05) is 20.1 Å². The van der Waals surface area contributed by atoms with Crippen molar-refractivity contribution in [1.29, 1.82) is 0 Å². The minimum absolute atomic E-state index is 0.175. The van der Waals surface area contributed by atoms with Gasteiger partial charge in [-0.25, -0.2) is 4.79 Å². The third-order valence-electron chi connectivity index (χ3n) is 4.96. The molecule has 1 unspecified atom stereocenters. The number of amides is 2. The van der Waals surface area contributed by atoms with E-state index < -0.39 is 12.0 Å². The zero-order chi connectivity index (χ0) is 19.6. The molecule has 1 N–H and O–H groups in total. The molecule has 0 spiro atoms. The Kier molecular flexibility index (Phi) is 5.26. The van der Waals surface area contributed by atoms with E-state index in [-0.39, 0.29) is 11.8 Å². The SMILES string of the molecule is CCN(C)C(=O)c1cccc(C(=O)N2CCc3ccccc3C2C(=O)O)c1. The van der Waals surface area contributed by atoms with Gasteiger partial charge in [-0.1, -0.05) is 30.3 Å². The highest BCUT2D eigenvalue weighted by molar-refractivity contribution is 6.01. The van der Waals surface area contributed by atoms with Crippen LogP contribution in [-0.2, 0) is 11.2 Å². The molecule has 0 aliphatic carbocycles. The van der Waals surface area contributed by atoms with E-state index in [0.29, 0.717) is 36.2 Å². The number of carboxylic acid groups (broad SMARTS) is 1. The van der Waals surface area contributed by atoms with Crippen LogP contribution in [0, 0.1) is 0 Å². The Bertz CT molecular complexity index is 893. The Morgan fingerprint density at radius 2 is 1.81 bits per heavy atom. The van der Waals surface area contributed by atoms with E-state index in [2.05, 4.69) is 0 Å². The maximum atomic E-state index is 13.1. The molecule has 0 saturated carbocycles. The highest BCUT2D eigenvalue weighted by Crippen LogP contribution is 2.31. The quantitative estimate of drug-likeness (QED) is 0.902. The molecule has 2 aromatic carbocycles. The van der Waals surface area contributed by atoms with Crippen molar-refractivity contribution < 1.29 is 19.5 Å². The third-order valence-corrected chi connectivity index (χ3v) is 4.96.